The maximum atomic E-state index is 13.6. The number of hydrogen-bond acceptors (Lipinski definition) is 3. The first-order valence-corrected chi connectivity index (χ1v) is 7.48. The fraction of sp³-hybridized carbons (Fsp3) is 0.600. The van der Waals surface area contributed by atoms with Crippen molar-refractivity contribution < 1.29 is 13.9 Å². The summed E-state index contributed by atoms with van der Waals surface area (Å²) in [6.45, 7) is 3.33. The van der Waals surface area contributed by atoms with E-state index >= 15 is 0 Å². The van der Waals surface area contributed by atoms with Gasteiger partial charge in [0.1, 0.15) is 0 Å². The minimum absolute atomic E-state index is 0.293. The van der Waals surface area contributed by atoms with Gasteiger partial charge in [0.2, 0.25) is 0 Å². The molecule has 1 saturated heterocycles. The summed E-state index contributed by atoms with van der Waals surface area (Å²) in [7, 11) is 1.48. The minimum atomic E-state index is -0.301. The number of benzene rings is 1. The average molecular weight is 302 g/mol. The molecule has 20 heavy (non-hydrogen) atoms. The number of likely N-dealkylation sites (tertiary alicyclic amines) is 1. The van der Waals surface area contributed by atoms with Gasteiger partial charge in [0, 0.05) is 25.5 Å². The molecule has 0 bridgehead atoms. The molecule has 3 nitrogen and oxygen atoms in total. The molecule has 0 spiro atoms. The van der Waals surface area contributed by atoms with Gasteiger partial charge in [0.05, 0.1) is 19.8 Å². The van der Waals surface area contributed by atoms with E-state index in [0.717, 1.165) is 38.0 Å². The van der Waals surface area contributed by atoms with E-state index in [2.05, 4.69) is 4.90 Å². The smallest absolute Gasteiger partial charge is 0.165 e. The first kappa shape index (κ1) is 15.5. The third-order valence-corrected chi connectivity index (χ3v) is 3.74. The van der Waals surface area contributed by atoms with Crippen molar-refractivity contribution in [2.24, 2.45) is 0 Å². The van der Waals surface area contributed by atoms with Crippen molar-refractivity contribution in [2.45, 2.75) is 25.5 Å². The van der Waals surface area contributed by atoms with Gasteiger partial charge >= 0.3 is 0 Å². The highest BCUT2D eigenvalue weighted by molar-refractivity contribution is 6.17. The Kier molecular flexibility index (Phi) is 6.07. The molecule has 0 atom stereocenters. The molecular formula is C15H21ClFNO2. The number of alkyl halides is 1. The monoisotopic (exact) mass is 301 g/mol. The van der Waals surface area contributed by atoms with Gasteiger partial charge in [-0.3, -0.25) is 4.90 Å². The zero-order valence-corrected chi connectivity index (χ0v) is 12.5. The lowest BCUT2D eigenvalue weighted by Gasteiger charge is -2.31. The first-order chi connectivity index (χ1) is 9.72. The van der Waals surface area contributed by atoms with E-state index in [1.807, 2.05) is 6.07 Å². The summed E-state index contributed by atoms with van der Waals surface area (Å²) >= 11 is 5.62. The summed E-state index contributed by atoms with van der Waals surface area (Å²) in [6, 6.07) is 5.15. The van der Waals surface area contributed by atoms with Gasteiger partial charge < -0.3 is 9.47 Å². The molecule has 2 rings (SSSR count). The Morgan fingerprint density at radius 2 is 2.10 bits per heavy atom. The van der Waals surface area contributed by atoms with E-state index in [-0.39, 0.29) is 5.82 Å². The van der Waals surface area contributed by atoms with Crippen LogP contribution in [0.4, 0.5) is 4.39 Å². The molecule has 0 unspecified atom stereocenters. The van der Waals surface area contributed by atoms with Crippen LogP contribution in [0, 0.1) is 5.82 Å². The predicted molar refractivity (Wildman–Crippen MR) is 77.9 cm³/mol. The van der Waals surface area contributed by atoms with Crippen LogP contribution in [0.5, 0.6) is 5.75 Å². The lowest BCUT2D eigenvalue weighted by atomic mass is 10.1. The molecule has 112 valence electrons. The highest BCUT2D eigenvalue weighted by Crippen LogP contribution is 2.20. The van der Waals surface area contributed by atoms with E-state index in [1.165, 1.54) is 7.11 Å². The quantitative estimate of drug-likeness (QED) is 0.754. The summed E-state index contributed by atoms with van der Waals surface area (Å²) in [6.07, 6.45) is 2.34. The zero-order chi connectivity index (χ0) is 14.4. The Balaban J connectivity index is 1.82. The van der Waals surface area contributed by atoms with Crippen molar-refractivity contribution in [1.82, 2.24) is 4.90 Å². The summed E-state index contributed by atoms with van der Waals surface area (Å²) in [5.74, 6) is 0.540. The van der Waals surface area contributed by atoms with Gasteiger partial charge in [-0.1, -0.05) is 6.07 Å². The van der Waals surface area contributed by atoms with E-state index in [1.54, 1.807) is 12.1 Å². The second-order valence-corrected chi connectivity index (χ2v) is 5.38. The summed E-state index contributed by atoms with van der Waals surface area (Å²) in [5, 5.41) is 0. The van der Waals surface area contributed by atoms with E-state index in [9.17, 15) is 4.39 Å². The lowest BCUT2D eigenvalue weighted by molar-refractivity contribution is 0.0134. The van der Waals surface area contributed by atoms with Crippen molar-refractivity contribution in [1.29, 1.82) is 0 Å². The predicted octanol–water partition coefficient (Wildman–Crippen LogP) is 3.05. The third-order valence-electron chi connectivity index (χ3n) is 3.59. The first-order valence-electron chi connectivity index (χ1n) is 6.95. The normalized spacial score (nSPS) is 17.4. The second-order valence-electron chi connectivity index (χ2n) is 5.00. The molecule has 1 heterocycles. The molecule has 5 heteroatoms. The van der Waals surface area contributed by atoms with Crippen molar-refractivity contribution in [3.63, 3.8) is 0 Å². The van der Waals surface area contributed by atoms with Crippen LogP contribution in [0.2, 0.25) is 0 Å². The van der Waals surface area contributed by atoms with Gasteiger partial charge in [0.15, 0.2) is 11.6 Å². The Morgan fingerprint density at radius 3 is 2.70 bits per heavy atom. The van der Waals surface area contributed by atoms with Crippen molar-refractivity contribution >= 4 is 11.6 Å². The van der Waals surface area contributed by atoms with Gasteiger partial charge in [0.25, 0.3) is 0 Å². The third kappa shape index (κ3) is 4.33. The van der Waals surface area contributed by atoms with Gasteiger partial charge in [-0.15, -0.1) is 11.6 Å². The molecule has 1 aromatic carbocycles. The molecule has 1 aliphatic rings. The Hall–Kier alpha value is -0.840. The second kappa shape index (κ2) is 7.81. The van der Waals surface area contributed by atoms with Gasteiger partial charge in [-0.2, -0.15) is 0 Å². The standard InChI is InChI=1S/C15H21ClFNO2/c1-19-15-3-2-12(10-14(15)17)11-18-7-4-13(5-8-18)20-9-6-16/h2-3,10,13H,4-9,11H2,1H3. The number of methoxy groups -OCH3 is 1. The maximum Gasteiger partial charge on any atom is 0.165 e. The van der Waals surface area contributed by atoms with Crippen LogP contribution >= 0.6 is 11.6 Å². The topological polar surface area (TPSA) is 21.7 Å². The fourth-order valence-corrected chi connectivity index (χ4v) is 2.60. The van der Waals surface area contributed by atoms with Gasteiger partial charge in [-0.25, -0.2) is 4.39 Å². The Morgan fingerprint density at radius 1 is 1.35 bits per heavy atom. The highest BCUT2D eigenvalue weighted by Gasteiger charge is 2.19. The number of hydrogen-bond donors (Lipinski definition) is 0. The molecule has 0 saturated carbocycles. The summed E-state index contributed by atoms with van der Waals surface area (Å²) in [4.78, 5) is 2.32. The largest absolute Gasteiger partial charge is 0.494 e. The molecule has 0 aliphatic carbocycles. The van der Waals surface area contributed by atoms with Crippen LogP contribution in [-0.4, -0.2) is 43.7 Å². The van der Waals surface area contributed by atoms with Crippen LogP contribution in [0.3, 0.4) is 0 Å². The van der Waals surface area contributed by atoms with Crippen LogP contribution < -0.4 is 4.74 Å². The molecule has 0 amide bonds. The van der Waals surface area contributed by atoms with Crippen molar-refractivity contribution in [2.75, 3.05) is 32.7 Å². The Bertz CT molecular complexity index is 422. The molecule has 1 fully saturated rings. The van der Waals surface area contributed by atoms with Crippen LogP contribution in [0.25, 0.3) is 0 Å². The number of ether oxygens (including phenoxy) is 2. The van der Waals surface area contributed by atoms with Crippen LogP contribution in [0.15, 0.2) is 18.2 Å². The lowest BCUT2D eigenvalue weighted by Crippen LogP contribution is -2.36. The molecule has 0 N–H and O–H groups in total. The Labute approximate surface area is 124 Å². The molecule has 0 aromatic heterocycles. The summed E-state index contributed by atoms with van der Waals surface area (Å²) in [5.41, 5.74) is 0.975. The van der Waals surface area contributed by atoms with Crippen LogP contribution in [-0.2, 0) is 11.3 Å². The zero-order valence-electron chi connectivity index (χ0n) is 11.8. The van der Waals surface area contributed by atoms with E-state index in [0.29, 0.717) is 24.3 Å². The molecule has 0 radical (unpaired) electrons. The number of nitrogens with zero attached hydrogens (tertiary/aromatic N) is 1. The molecular weight excluding hydrogens is 281 g/mol. The number of rotatable bonds is 6. The van der Waals surface area contributed by atoms with E-state index < -0.39 is 0 Å². The van der Waals surface area contributed by atoms with Crippen LogP contribution in [0.1, 0.15) is 18.4 Å². The fourth-order valence-electron chi connectivity index (χ4n) is 2.51. The number of halogens is 2. The summed E-state index contributed by atoms with van der Waals surface area (Å²) < 4.78 is 24.2. The number of piperidine rings is 1. The molecule has 1 aromatic rings. The average Bonchev–Trinajstić information content (AvgIpc) is 2.47. The highest BCUT2D eigenvalue weighted by atomic mass is 35.5. The molecule has 1 aliphatic heterocycles. The van der Waals surface area contributed by atoms with E-state index in [4.69, 9.17) is 21.1 Å². The minimum Gasteiger partial charge on any atom is -0.494 e. The van der Waals surface area contributed by atoms with Crippen molar-refractivity contribution in [3.8, 4) is 5.75 Å². The maximum absolute atomic E-state index is 13.6. The SMILES string of the molecule is COc1ccc(CN2CCC(OCCCl)CC2)cc1F. The van der Waals surface area contributed by atoms with Gasteiger partial charge in [-0.05, 0) is 30.5 Å². The van der Waals surface area contributed by atoms with Crippen molar-refractivity contribution in [3.05, 3.63) is 29.6 Å².